The molecule has 1 atom stereocenters. The van der Waals surface area contributed by atoms with Gasteiger partial charge in [0.25, 0.3) is 10.0 Å². The monoisotopic (exact) mass is 567 g/mol. The average Bonchev–Trinajstić information content (AvgIpc) is 3.45. The Morgan fingerprint density at radius 2 is 1.51 bits per heavy atom. The summed E-state index contributed by atoms with van der Waals surface area (Å²) >= 11 is 6.00. The summed E-state index contributed by atoms with van der Waals surface area (Å²) in [5.74, 6) is -0.672. The number of rotatable bonds is 11. The van der Waals surface area contributed by atoms with Crippen LogP contribution in [-0.4, -0.2) is 43.8 Å². The van der Waals surface area contributed by atoms with Gasteiger partial charge >= 0.3 is 0 Å². The number of para-hydroxylation sites is 1. The fraction of sp³-hybridized carbons (Fsp3) is 0.333. The van der Waals surface area contributed by atoms with Gasteiger partial charge in [-0.1, -0.05) is 79.9 Å². The van der Waals surface area contributed by atoms with Gasteiger partial charge in [0.2, 0.25) is 11.8 Å². The summed E-state index contributed by atoms with van der Waals surface area (Å²) in [5, 5.41) is 3.53. The molecule has 1 saturated carbocycles. The fourth-order valence-electron chi connectivity index (χ4n) is 4.92. The summed E-state index contributed by atoms with van der Waals surface area (Å²) in [5.41, 5.74) is 1.20. The minimum Gasteiger partial charge on any atom is -0.352 e. The van der Waals surface area contributed by atoms with Gasteiger partial charge in [-0.15, -0.1) is 0 Å². The van der Waals surface area contributed by atoms with Crippen LogP contribution < -0.4 is 9.62 Å². The topological polar surface area (TPSA) is 86.8 Å². The lowest BCUT2D eigenvalue weighted by Crippen LogP contribution is -2.53. The van der Waals surface area contributed by atoms with Crippen molar-refractivity contribution in [1.82, 2.24) is 10.2 Å². The zero-order chi connectivity index (χ0) is 27.8. The van der Waals surface area contributed by atoms with Gasteiger partial charge in [-0.05, 0) is 61.2 Å². The first-order valence-electron chi connectivity index (χ1n) is 13.3. The van der Waals surface area contributed by atoms with Crippen molar-refractivity contribution in [2.24, 2.45) is 0 Å². The average molecular weight is 568 g/mol. The third kappa shape index (κ3) is 7.19. The van der Waals surface area contributed by atoms with Crippen LogP contribution in [0.3, 0.4) is 0 Å². The van der Waals surface area contributed by atoms with Gasteiger partial charge in [-0.25, -0.2) is 8.42 Å². The highest BCUT2D eigenvalue weighted by Crippen LogP contribution is 2.26. The van der Waals surface area contributed by atoms with Crippen LogP contribution in [0.15, 0.2) is 89.8 Å². The van der Waals surface area contributed by atoms with Gasteiger partial charge in [0.05, 0.1) is 10.6 Å². The molecule has 1 unspecified atom stereocenters. The summed E-state index contributed by atoms with van der Waals surface area (Å²) in [7, 11) is -4.12. The molecule has 0 spiro atoms. The van der Waals surface area contributed by atoms with E-state index < -0.39 is 28.5 Å². The number of hydrogen-bond donors (Lipinski definition) is 1. The van der Waals surface area contributed by atoms with E-state index in [1.807, 2.05) is 37.3 Å². The number of nitrogens with one attached hydrogen (secondary N) is 1. The van der Waals surface area contributed by atoms with Crippen LogP contribution in [0.25, 0.3) is 0 Å². The Morgan fingerprint density at radius 3 is 2.10 bits per heavy atom. The zero-order valence-electron chi connectivity index (χ0n) is 22.0. The van der Waals surface area contributed by atoms with Crippen molar-refractivity contribution in [2.75, 3.05) is 10.8 Å². The van der Waals surface area contributed by atoms with Gasteiger partial charge in [0, 0.05) is 17.6 Å². The Bertz CT molecular complexity index is 1350. The first-order valence-corrected chi connectivity index (χ1v) is 15.1. The molecule has 1 aliphatic carbocycles. The smallest absolute Gasteiger partial charge is 0.264 e. The van der Waals surface area contributed by atoms with E-state index in [1.54, 1.807) is 30.3 Å². The summed E-state index contributed by atoms with van der Waals surface area (Å²) in [6.07, 6.45) is 4.39. The SMILES string of the molecule is CCC(C(=O)NC1CCCC1)N(Cc1ccccc1)C(=O)CN(c1ccccc1)S(=O)(=O)c1ccc(Cl)cc1. The molecule has 3 aromatic rings. The minimum atomic E-state index is -4.12. The third-order valence-electron chi connectivity index (χ3n) is 7.01. The molecule has 0 heterocycles. The Balaban J connectivity index is 1.68. The van der Waals surface area contributed by atoms with Gasteiger partial charge in [-0.2, -0.15) is 0 Å². The Hall–Kier alpha value is -3.36. The molecule has 0 radical (unpaired) electrons. The van der Waals surface area contributed by atoms with Gasteiger partial charge in [0.1, 0.15) is 12.6 Å². The molecule has 4 rings (SSSR count). The number of anilines is 1. The summed E-state index contributed by atoms with van der Waals surface area (Å²) in [6.45, 7) is 1.58. The van der Waals surface area contributed by atoms with Crippen molar-refractivity contribution in [3.05, 3.63) is 95.5 Å². The first kappa shape index (κ1) is 28.6. The van der Waals surface area contributed by atoms with E-state index in [4.69, 9.17) is 11.6 Å². The van der Waals surface area contributed by atoms with Crippen LogP contribution in [0.4, 0.5) is 5.69 Å². The number of carbonyl (C=O) groups is 2. The molecule has 1 fully saturated rings. The van der Waals surface area contributed by atoms with Crippen LogP contribution >= 0.6 is 11.6 Å². The number of halogens is 1. The van der Waals surface area contributed by atoms with Gasteiger partial charge in [-0.3, -0.25) is 13.9 Å². The molecule has 1 aliphatic rings. The molecule has 0 bridgehead atoms. The Kier molecular flexibility index (Phi) is 9.64. The molecule has 3 aromatic carbocycles. The second-order valence-electron chi connectivity index (χ2n) is 9.72. The Morgan fingerprint density at radius 1 is 0.923 bits per heavy atom. The lowest BCUT2D eigenvalue weighted by atomic mass is 10.1. The second-order valence-corrected chi connectivity index (χ2v) is 12.0. The standard InChI is InChI=1S/C30H34ClN3O4S/c1-2-28(30(36)32-25-13-9-10-14-25)33(21-23-11-5-3-6-12-23)29(35)22-34(26-15-7-4-8-16-26)39(37,38)27-19-17-24(31)18-20-27/h3-8,11-12,15-20,25,28H,2,9-10,13-14,21-22H2,1H3,(H,32,36). The fourth-order valence-corrected chi connectivity index (χ4v) is 6.46. The van der Waals surface area contributed by atoms with E-state index in [1.165, 1.54) is 29.2 Å². The predicted octanol–water partition coefficient (Wildman–Crippen LogP) is 5.40. The Labute approximate surface area is 235 Å². The lowest BCUT2D eigenvalue weighted by Gasteiger charge is -2.33. The number of nitrogens with zero attached hydrogens (tertiary/aromatic N) is 2. The van der Waals surface area contributed by atoms with E-state index in [0.717, 1.165) is 35.6 Å². The number of amides is 2. The van der Waals surface area contributed by atoms with Crippen molar-refractivity contribution >= 4 is 39.1 Å². The molecule has 2 amide bonds. The predicted molar refractivity (Wildman–Crippen MR) is 154 cm³/mol. The number of sulfonamides is 1. The van der Waals surface area contributed by atoms with Crippen molar-refractivity contribution < 1.29 is 18.0 Å². The highest BCUT2D eigenvalue weighted by Gasteiger charge is 2.34. The molecule has 0 saturated heterocycles. The van der Waals surface area contributed by atoms with E-state index in [-0.39, 0.29) is 23.4 Å². The number of benzene rings is 3. The second kappa shape index (κ2) is 13.1. The maximum atomic E-state index is 14.0. The number of carbonyl (C=O) groups excluding carboxylic acids is 2. The van der Waals surface area contributed by atoms with E-state index in [0.29, 0.717) is 17.1 Å². The van der Waals surface area contributed by atoms with Crippen LogP contribution in [-0.2, 0) is 26.2 Å². The van der Waals surface area contributed by atoms with Crippen LogP contribution in [0.1, 0.15) is 44.6 Å². The zero-order valence-corrected chi connectivity index (χ0v) is 23.6. The highest BCUT2D eigenvalue weighted by molar-refractivity contribution is 7.92. The van der Waals surface area contributed by atoms with Crippen LogP contribution in [0.2, 0.25) is 5.02 Å². The van der Waals surface area contributed by atoms with Gasteiger partial charge in [0.15, 0.2) is 0 Å². The molecule has 39 heavy (non-hydrogen) atoms. The quantitative estimate of drug-likeness (QED) is 0.336. The highest BCUT2D eigenvalue weighted by atomic mass is 35.5. The molecule has 7 nitrogen and oxygen atoms in total. The van der Waals surface area contributed by atoms with Crippen molar-refractivity contribution in [1.29, 1.82) is 0 Å². The first-order chi connectivity index (χ1) is 18.8. The maximum Gasteiger partial charge on any atom is 0.264 e. The van der Waals surface area contributed by atoms with Crippen molar-refractivity contribution in [3.63, 3.8) is 0 Å². The van der Waals surface area contributed by atoms with Gasteiger partial charge < -0.3 is 10.2 Å². The van der Waals surface area contributed by atoms with Crippen LogP contribution in [0.5, 0.6) is 0 Å². The minimum absolute atomic E-state index is 0.0178. The van der Waals surface area contributed by atoms with Crippen LogP contribution in [0, 0.1) is 0 Å². The molecule has 0 aliphatic heterocycles. The summed E-state index contributed by atoms with van der Waals surface area (Å²) in [4.78, 5) is 29.0. The van der Waals surface area contributed by atoms with E-state index >= 15 is 0 Å². The third-order valence-corrected chi connectivity index (χ3v) is 9.05. The number of hydrogen-bond acceptors (Lipinski definition) is 4. The van der Waals surface area contributed by atoms with E-state index in [9.17, 15) is 18.0 Å². The van der Waals surface area contributed by atoms with E-state index in [2.05, 4.69) is 5.32 Å². The molecule has 0 aromatic heterocycles. The van der Waals surface area contributed by atoms with Crippen molar-refractivity contribution in [2.45, 2.75) is 62.6 Å². The molecular weight excluding hydrogens is 534 g/mol. The normalized spacial score (nSPS) is 14.5. The molecule has 9 heteroatoms. The largest absolute Gasteiger partial charge is 0.352 e. The lowest BCUT2D eigenvalue weighted by molar-refractivity contribution is -0.140. The maximum absolute atomic E-state index is 14.0. The summed E-state index contributed by atoms with van der Waals surface area (Å²) in [6, 6.07) is 23.1. The molecular formula is C30H34ClN3O4S. The molecule has 1 N–H and O–H groups in total. The van der Waals surface area contributed by atoms with Crippen molar-refractivity contribution in [3.8, 4) is 0 Å². The molecule has 206 valence electrons. The summed E-state index contributed by atoms with van der Waals surface area (Å²) < 4.78 is 28.7.